The summed E-state index contributed by atoms with van der Waals surface area (Å²) in [6.07, 6.45) is -1.60. The number of hydrogen-bond donors (Lipinski definition) is 0. The van der Waals surface area contributed by atoms with E-state index in [4.69, 9.17) is 23.2 Å². The highest BCUT2D eigenvalue weighted by molar-refractivity contribution is 6.34. The molecule has 0 amide bonds. The summed E-state index contributed by atoms with van der Waals surface area (Å²) in [6.45, 7) is -0.410. The van der Waals surface area contributed by atoms with Gasteiger partial charge in [0.2, 0.25) is 0 Å². The van der Waals surface area contributed by atoms with Crippen LogP contribution in [0.15, 0.2) is 35.3 Å². The monoisotopic (exact) mass is 425 g/mol. The molecule has 2 aliphatic rings. The van der Waals surface area contributed by atoms with Gasteiger partial charge in [-0.05, 0) is 59.7 Å². The summed E-state index contributed by atoms with van der Waals surface area (Å²) in [5.41, 5.74) is 1.50. The first-order valence-corrected chi connectivity index (χ1v) is 9.68. The highest BCUT2D eigenvalue weighted by Crippen LogP contribution is 2.49. The van der Waals surface area contributed by atoms with E-state index in [1.165, 1.54) is 18.2 Å². The molecule has 2 nitrogen and oxygen atoms in total. The molecule has 7 heteroatoms. The van der Waals surface area contributed by atoms with Gasteiger partial charge < -0.3 is 0 Å². The molecule has 0 N–H and O–H groups in total. The second-order valence-electron chi connectivity index (χ2n) is 7.31. The Labute approximate surface area is 170 Å². The van der Waals surface area contributed by atoms with Gasteiger partial charge in [-0.1, -0.05) is 35.3 Å². The third-order valence-corrected chi connectivity index (χ3v) is 6.16. The molecule has 0 radical (unpaired) electrons. The molecule has 1 aliphatic carbocycles. The zero-order valence-electron chi connectivity index (χ0n) is 14.7. The van der Waals surface area contributed by atoms with Crippen molar-refractivity contribution >= 4 is 35.2 Å². The van der Waals surface area contributed by atoms with E-state index < -0.39 is 18.1 Å². The Balaban J connectivity index is 1.79. The van der Waals surface area contributed by atoms with Crippen LogP contribution in [0.25, 0.3) is 0 Å². The van der Waals surface area contributed by atoms with E-state index in [2.05, 4.69) is 4.99 Å². The number of rotatable bonds is 3. The molecule has 1 atom stereocenters. The SMILES string of the molecule is O=Cc1ccc(C2=NCC(c3cc(Cl)cc(Cl)c3)(C(F)(F)F)C2)c2c1CCC2. The largest absolute Gasteiger partial charge is 0.400 e. The van der Waals surface area contributed by atoms with Crippen LogP contribution in [-0.4, -0.2) is 24.7 Å². The molecule has 146 valence electrons. The lowest BCUT2D eigenvalue weighted by Crippen LogP contribution is -2.43. The standard InChI is InChI=1S/C21H16Cl2F3NO/c22-14-6-13(7-15(23)8-14)20(21(24,25)26)9-19(27-11-20)18-5-4-12(10-28)16-2-1-3-17(16)18/h4-8,10H,1-3,9,11H2. The minimum absolute atomic E-state index is 0.0254. The molecule has 1 unspecified atom stereocenters. The van der Waals surface area contributed by atoms with Gasteiger partial charge in [0, 0.05) is 27.7 Å². The molecule has 28 heavy (non-hydrogen) atoms. The number of aldehydes is 1. The summed E-state index contributed by atoms with van der Waals surface area (Å²) in [6, 6.07) is 7.46. The van der Waals surface area contributed by atoms with Crippen molar-refractivity contribution in [1.29, 1.82) is 0 Å². The van der Waals surface area contributed by atoms with Gasteiger partial charge in [0.1, 0.15) is 11.7 Å². The van der Waals surface area contributed by atoms with Gasteiger partial charge in [0.25, 0.3) is 0 Å². The van der Waals surface area contributed by atoms with E-state index in [9.17, 15) is 18.0 Å². The Morgan fingerprint density at radius 2 is 1.71 bits per heavy atom. The zero-order chi connectivity index (χ0) is 20.1. The summed E-state index contributed by atoms with van der Waals surface area (Å²) in [5, 5.41) is 0.326. The molecule has 1 aliphatic heterocycles. The van der Waals surface area contributed by atoms with Gasteiger partial charge in [-0.15, -0.1) is 0 Å². The lowest BCUT2D eigenvalue weighted by atomic mass is 9.76. The van der Waals surface area contributed by atoms with Crippen LogP contribution in [0.5, 0.6) is 0 Å². The van der Waals surface area contributed by atoms with Gasteiger partial charge in [-0.2, -0.15) is 13.2 Å². The van der Waals surface area contributed by atoms with Gasteiger partial charge in [0.05, 0.1) is 6.54 Å². The van der Waals surface area contributed by atoms with Crippen LogP contribution in [0.3, 0.4) is 0 Å². The smallest absolute Gasteiger partial charge is 0.298 e. The van der Waals surface area contributed by atoms with E-state index in [-0.39, 0.29) is 22.0 Å². The first kappa shape index (κ1) is 19.5. The predicted molar refractivity (Wildman–Crippen MR) is 104 cm³/mol. The Morgan fingerprint density at radius 1 is 1.04 bits per heavy atom. The normalized spacial score (nSPS) is 21.5. The fourth-order valence-corrected chi connectivity index (χ4v) is 4.83. The lowest BCUT2D eigenvalue weighted by Gasteiger charge is -2.32. The number of nitrogens with zero attached hydrogens (tertiary/aromatic N) is 1. The summed E-state index contributed by atoms with van der Waals surface area (Å²) in [7, 11) is 0. The number of carbonyl (C=O) groups excluding carboxylic acids is 1. The van der Waals surface area contributed by atoms with E-state index in [0.29, 0.717) is 11.3 Å². The summed E-state index contributed by atoms with van der Waals surface area (Å²) < 4.78 is 42.7. The van der Waals surface area contributed by atoms with Crippen molar-refractivity contribution < 1.29 is 18.0 Å². The quantitative estimate of drug-likeness (QED) is 0.555. The van der Waals surface area contributed by atoms with E-state index >= 15 is 0 Å². The fraction of sp³-hybridized carbons (Fsp3) is 0.333. The third kappa shape index (κ3) is 3.05. The average Bonchev–Trinajstić information content (AvgIpc) is 3.27. The summed E-state index contributed by atoms with van der Waals surface area (Å²) >= 11 is 12.0. The molecule has 0 saturated carbocycles. The van der Waals surface area contributed by atoms with Crippen LogP contribution >= 0.6 is 23.2 Å². The number of halogens is 5. The molecule has 1 heterocycles. The number of carbonyl (C=O) groups is 1. The third-order valence-electron chi connectivity index (χ3n) is 5.73. The number of aliphatic imine (C=N–C) groups is 1. The molecule has 4 rings (SSSR count). The second-order valence-corrected chi connectivity index (χ2v) is 8.18. The minimum Gasteiger partial charge on any atom is -0.298 e. The highest BCUT2D eigenvalue weighted by Gasteiger charge is 2.58. The molecule has 0 aromatic heterocycles. The van der Waals surface area contributed by atoms with Crippen LogP contribution in [0, 0.1) is 0 Å². The highest BCUT2D eigenvalue weighted by atomic mass is 35.5. The van der Waals surface area contributed by atoms with Gasteiger partial charge in [-0.3, -0.25) is 9.79 Å². The van der Waals surface area contributed by atoms with Crippen LogP contribution < -0.4 is 0 Å². The van der Waals surface area contributed by atoms with Crippen molar-refractivity contribution in [2.24, 2.45) is 4.99 Å². The Morgan fingerprint density at radius 3 is 2.36 bits per heavy atom. The Hall–Kier alpha value is -1.85. The minimum atomic E-state index is -4.52. The number of alkyl halides is 3. The van der Waals surface area contributed by atoms with Gasteiger partial charge in [-0.25, -0.2) is 0 Å². The number of hydrogen-bond acceptors (Lipinski definition) is 2. The van der Waals surface area contributed by atoms with Crippen LogP contribution in [0.4, 0.5) is 13.2 Å². The molecular weight excluding hydrogens is 410 g/mol. The van der Waals surface area contributed by atoms with Crippen LogP contribution in [0.1, 0.15) is 45.5 Å². The molecule has 0 bridgehead atoms. The fourth-order valence-electron chi connectivity index (χ4n) is 4.30. The van der Waals surface area contributed by atoms with Crippen LogP contribution in [-0.2, 0) is 18.3 Å². The van der Waals surface area contributed by atoms with Crippen molar-refractivity contribution in [1.82, 2.24) is 0 Å². The van der Waals surface area contributed by atoms with Gasteiger partial charge >= 0.3 is 6.18 Å². The van der Waals surface area contributed by atoms with E-state index in [0.717, 1.165) is 42.2 Å². The van der Waals surface area contributed by atoms with E-state index in [1.54, 1.807) is 12.1 Å². The first-order valence-electron chi connectivity index (χ1n) is 8.92. The van der Waals surface area contributed by atoms with Crippen molar-refractivity contribution in [3.63, 3.8) is 0 Å². The van der Waals surface area contributed by atoms with Gasteiger partial charge in [0.15, 0.2) is 0 Å². The van der Waals surface area contributed by atoms with E-state index in [1.807, 2.05) is 0 Å². The number of fused-ring (bicyclic) bond motifs is 1. The summed E-state index contributed by atoms with van der Waals surface area (Å²) in [4.78, 5) is 15.6. The molecule has 0 spiro atoms. The maximum atomic E-state index is 14.2. The Kier molecular flexibility index (Phi) is 4.79. The maximum absolute atomic E-state index is 14.2. The molecule has 2 aromatic rings. The molecular formula is C21H16Cl2F3NO. The average molecular weight is 426 g/mol. The van der Waals surface area contributed by atoms with Crippen molar-refractivity contribution in [3.05, 3.63) is 68.2 Å². The molecule has 0 fully saturated rings. The number of benzene rings is 2. The van der Waals surface area contributed by atoms with Crippen molar-refractivity contribution in [3.8, 4) is 0 Å². The topological polar surface area (TPSA) is 29.4 Å². The molecule has 0 saturated heterocycles. The van der Waals surface area contributed by atoms with Crippen molar-refractivity contribution in [2.75, 3.05) is 6.54 Å². The zero-order valence-corrected chi connectivity index (χ0v) is 16.3. The predicted octanol–water partition coefficient (Wildman–Crippen LogP) is 5.99. The lowest BCUT2D eigenvalue weighted by molar-refractivity contribution is -0.183. The maximum Gasteiger partial charge on any atom is 0.400 e. The van der Waals surface area contributed by atoms with Crippen LogP contribution in [0.2, 0.25) is 10.0 Å². The Bertz CT molecular complexity index is 980. The van der Waals surface area contributed by atoms with Crippen molar-refractivity contribution in [2.45, 2.75) is 37.3 Å². The molecule has 2 aromatic carbocycles. The summed E-state index contributed by atoms with van der Waals surface area (Å²) in [5.74, 6) is 0. The second kappa shape index (κ2) is 6.89. The first-order chi connectivity index (χ1) is 13.2.